The highest BCUT2D eigenvalue weighted by molar-refractivity contribution is 6.07. The van der Waals surface area contributed by atoms with Gasteiger partial charge in [0, 0.05) is 6.54 Å². The second-order valence-electron chi connectivity index (χ2n) is 5.42. The van der Waals surface area contributed by atoms with E-state index in [1.807, 2.05) is 25.1 Å². The summed E-state index contributed by atoms with van der Waals surface area (Å²) in [6.45, 7) is 2.60. The van der Waals surface area contributed by atoms with Crippen molar-refractivity contribution in [1.29, 1.82) is 0 Å². The summed E-state index contributed by atoms with van der Waals surface area (Å²) in [5.41, 5.74) is 7.27. The number of hydrogen-bond donors (Lipinski definition) is 3. The summed E-state index contributed by atoms with van der Waals surface area (Å²) >= 11 is 0. The minimum Gasteiger partial charge on any atom is -0.409 e. The maximum absolute atomic E-state index is 12.2. The average molecular weight is 275 g/mol. The molecule has 0 atom stereocenters. The van der Waals surface area contributed by atoms with E-state index in [9.17, 15) is 4.79 Å². The Bertz CT molecular complexity index is 522. The number of amides is 1. The van der Waals surface area contributed by atoms with E-state index in [0.29, 0.717) is 19.4 Å². The molecule has 2 rings (SSSR count). The minimum atomic E-state index is -0.790. The molecule has 1 fully saturated rings. The molecule has 20 heavy (non-hydrogen) atoms. The van der Waals surface area contributed by atoms with Crippen LogP contribution in [0, 0.1) is 12.3 Å². The Balaban J connectivity index is 1.89. The molecule has 0 aromatic heterocycles. The quantitative estimate of drug-likeness (QED) is 0.330. The highest BCUT2D eigenvalue weighted by Crippen LogP contribution is 2.41. The van der Waals surface area contributed by atoms with E-state index in [1.54, 1.807) is 0 Å². The molecule has 0 aliphatic heterocycles. The number of nitrogens with two attached hydrogens (primary N) is 1. The summed E-state index contributed by atoms with van der Waals surface area (Å²) < 4.78 is 0. The van der Waals surface area contributed by atoms with Crippen LogP contribution in [0.2, 0.25) is 0 Å². The molecule has 0 spiro atoms. The molecule has 4 N–H and O–H groups in total. The number of nitrogens with one attached hydrogen (secondary N) is 1. The van der Waals surface area contributed by atoms with Gasteiger partial charge < -0.3 is 16.3 Å². The van der Waals surface area contributed by atoms with Crippen LogP contribution < -0.4 is 11.1 Å². The van der Waals surface area contributed by atoms with Gasteiger partial charge in [0.2, 0.25) is 5.91 Å². The van der Waals surface area contributed by atoms with Gasteiger partial charge in [0.25, 0.3) is 0 Å². The maximum atomic E-state index is 12.2. The number of amidine groups is 1. The normalized spacial score (nSPS) is 17.4. The van der Waals surface area contributed by atoms with Crippen LogP contribution >= 0.6 is 0 Å². The van der Waals surface area contributed by atoms with Gasteiger partial charge in [-0.2, -0.15) is 0 Å². The van der Waals surface area contributed by atoms with Gasteiger partial charge in [0.1, 0.15) is 5.41 Å². The first-order chi connectivity index (χ1) is 9.58. The Morgan fingerprint density at radius 3 is 2.80 bits per heavy atom. The lowest BCUT2D eigenvalue weighted by molar-refractivity contribution is -0.131. The molecule has 0 heterocycles. The fourth-order valence-electron chi connectivity index (χ4n) is 2.58. The number of carbonyl (C=O) groups is 1. The first kappa shape index (κ1) is 14.4. The molecule has 1 aromatic rings. The predicted molar refractivity (Wildman–Crippen MR) is 77.6 cm³/mol. The molecule has 1 saturated carbocycles. The van der Waals surface area contributed by atoms with Crippen LogP contribution in [0.1, 0.15) is 30.4 Å². The van der Waals surface area contributed by atoms with Gasteiger partial charge in [-0.1, -0.05) is 41.4 Å². The van der Waals surface area contributed by atoms with Crippen LogP contribution in [-0.2, 0) is 11.2 Å². The summed E-state index contributed by atoms with van der Waals surface area (Å²) in [5.74, 6) is -0.108. The van der Waals surface area contributed by atoms with E-state index in [-0.39, 0.29) is 11.7 Å². The molecule has 0 bridgehead atoms. The third-order valence-corrected chi connectivity index (χ3v) is 4.02. The number of benzene rings is 1. The molecule has 5 nitrogen and oxygen atoms in total. The maximum Gasteiger partial charge on any atom is 0.233 e. The molecule has 5 heteroatoms. The molecule has 1 amide bonds. The molecule has 1 aliphatic rings. The van der Waals surface area contributed by atoms with Crippen LogP contribution in [0.5, 0.6) is 0 Å². The average Bonchev–Trinajstić information content (AvgIpc) is 2.37. The Morgan fingerprint density at radius 2 is 2.25 bits per heavy atom. The summed E-state index contributed by atoms with van der Waals surface area (Å²) in [6, 6.07) is 8.21. The highest BCUT2D eigenvalue weighted by Gasteiger charge is 2.48. The molecule has 1 aromatic carbocycles. The monoisotopic (exact) mass is 275 g/mol. The van der Waals surface area contributed by atoms with E-state index in [1.165, 1.54) is 11.1 Å². The topological polar surface area (TPSA) is 87.7 Å². The van der Waals surface area contributed by atoms with Gasteiger partial charge in [-0.3, -0.25) is 4.79 Å². The lowest BCUT2D eigenvalue weighted by Gasteiger charge is -2.38. The Labute approximate surface area is 118 Å². The van der Waals surface area contributed by atoms with Crippen molar-refractivity contribution in [3.8, 4) is 0 Å². The standard InChI is InChI=1S/C15H21N3O2/c1-11-4-2-5-12(10-11)6-9-17-14(19)15(7-3-8-15)13(16)18-20/h2,4-5,10,20H,3,6-9H2,1H3,(H2,16,18)(H,17,19). The Kier molecular flexibility index (Phi) is 4.27. The van der Waals surface area contributed by atoms with Crippen molar-refractivity contribution >= 4 is 11.7 Å². The zero-order valence-electron chi connectivity index (χ0n) is 11.7. The van der Waals surface area contributed by atoms with E-state index in [4.69, 9.17) is 10.9 Å². The van der Waals surface area contributed by atoms with Gasteiger partial charge >= 0.3 is 0 Å². The van der Waals surface area contributed by atoms with Gasteiger partial charge in [0.15, 0.2) is 5.84 Å². The summed E-state index contributed by atoms with van der Waals surface area (Å²) in [7, 11) is 0. The smallest absolute Gasteiger partial charge is 0.233 e. The van der Waals surface area contributed by atoms with Crippen molar-refractivity contribution in [2.45, 2.75) is 32.6 Å². The lowest BCUT2D eigenvalue weighted by Crippen LogP contribution is -2.54. The fourth-order valence-corrected chi connectivity index (χ4v) is 2.58. The third kappa shape index (κ3) is 2.76. The third-order valence-electron chi connectivity index (χ3n) is 4.02. The first-order valence-electron chi connectivity index (χ1n) is 6.90. The van der Waals surface area contributed by atoms with E-state index < -0.39 is 5.41 Å². The van der Waals surface area contributed by atoms with Gasteiger partial charge in [-0.15, -0.1) is 0 Å². The Morgan fingerprint density at radius 1 is 1.50 bits per heavy atom. The molecular weight excluding hydrogens is 254 g/mol. The van der Waals surface area contributed by atoms with Gasteiger partial charge in [0.05, 0.1) is 0 Å². The Hall–Kier alpha value is -2.04. The van der Waals surface area contributed by atoms with E-state index in [0.717, 1.165) is 12.8 Å². The number of carbonyl (C=O) groups excluding carboxylic acids is 1. The summed E-state index contributed by atoms with van der Waals surface area (Å²) in [5, 5.41) is 14.7. The molecule has 0 radical (unpaired) electrons. The van der Waals surface area contributed by atoms with E-state index >= 15 is 0 Å². The predicted octanol–water partition coefficient (Wildman–Crippen LogP) is 1.57. The molecule has 0 saturated heterocycles. The van der Waals surface area contributed by atoms with Crippen molar-refractivity contribution in [3.63, 3.8) is 0 Å². The number of oxime groups is 1. The van der Waals surface area contributed by atoms with Crippen LogP contribution in [0.4, 0.5) is 0 Å². The van der Waals surface area contributed by atoms with E-state index in [2.05, 4.69) is 16.5 Å². The van der Waals surface area contributed by atoms with Crippen molar-refractivity contribution in [2.24, 2.45) is 16.3 Å². The van der Waals surface area contributed by atoms with Crippen molar-refractivity contribution in [1.82, 2.24) is 5.32 Å². The number of nitrogens with zero attached hydrogens (tertiary/aromatic N) is 1. The zero-order chi connectivity index (χ0) is 14.6. The van der Waals surface area contributed by atoms with Crippen LogP contribution in [0.3, 0.4) is 0 Å². The lowest BCUT2D eigenvalue weighted by atomic mass is 9.67. The van der Waals surface area contributed by atoms with Crippen LogP contribution in [0.15, 0.2) is 29.4 Å². The van der Waals surface area contributed by atoms with Crippen LogP contribution in [0.25, 0.3) is 0 Å². The fraction of sp³-hybridized carbons (Fsp3) is 0.467. The second kappa shape index (κ2) is 5.94. The highest BCUT2D eigenvalue weighted by atomic mass is 16.4. The number of rotatable bonds is 5. The van der Waals surface area contributed by atoms with Crippen LogP contribution in [-0.4, -0.2) is 23.5 Å². The van der Waals surface area contributed by atoms with Crippen molar-refractivity contribution in [2.75, 3.05) is 6.54 Å². The van der Waals surface area contributed by atoms with Gasteiger partial charge in [-0.25, -0.2) is 0 Å². The molecule has 108 valence electrons. The summed E-state index contributed by atoms with van der Waals surface area (Å²) in [6.07, 6.45) is 3.01. The molecule has 1 aliphatic carbocycles. The molecular formula is C15H21N3O2. The van der Waals surface area contributed by atoms with Crippen molar-refractivity contribution in [3.05, 3.63) is 35.4 Å². The zero-order valence-corrected chi connectivity index (χ0v) is 11.7. The second-order valence-corrected chi connectivity index (χ2v) is 5.42. The van der Waals surface area contributed by atoms with Gasteiger partial charge in [-0.05, 0) is 31.7 Å². The SMILES string of the molecule is Cc1cccc(CCNC(=O)C2(/C(N)=N/O)CCC2)c1. The minimum absolute atomic E-state index is 0.0248. The van der Waals surface area contributed by atoms with Crippen molar-refractivity contribution < 1.29 is 10.0 Å². The number of hydrogen-bond acceptors (Lipinski definition) is 3. The largest absolute Gasteiger partial charge is 0.409 e. The first-order valence-corrected chi connectivity index (χ1v) is 6.90. The molecule has 0 unspecified atom stereocenters. The number of aryl methyl sites for hydroxylation is 1. The summed E-state index contributed by atoms with van der Waals surface area (Å²) in [4.78, 5) is 12.2.